The molecule has 0 aliphatic heterocycles. The molecule has 0 heterocycles. The van der Waals surface area contributed by atoms with Gasteiger partial charge in [0.1, 0.15) is 0 Å². The zero-order valence-electron chi connectivity index (χ0n) is 7.45. The van der Waals surface area contributed by atoms with Crippen molar-refractivity contribution < 1.29 is 10.2 Å². The van der Waals surface area contributed by atoms with Crippen LogP contribution in [-0.4, -0.2) is 21.9 Å². The van der Waals surface area contributed by atoms with Crippen molar-refractivity contribution in [2.24, 2.45) is 5.92 Å². The van der Waals surface area contributed by atoms with Crippen LogP contribution in [0.25, 0.3) is 0 Å². The maximum absolute atomic E-state index is 9.81. The van der Waals surface area contributed by atoms with Gasteiger partial charge in [0, 0.05) is 0 Å². The molecule has 2 aliphatic carbocycles. The van der Waals surface area contributed by atoms with Crippen molar-refractivity contribution >= 4 is 0 Å². The number of rotatable bonds is 0. The van der Waals surface area contributed by atoms with E-state index in [9.17, 15) is 10.2 Å². The Kier molecular flexibility index (Phi) is 1.77. The lowest BCUT2D eigenvalue weighted by atomic mass is 9.71. The second-order valence-electron chi connectivity index (χ2n) is 4.38. The van der Waals surface area contributed by atoms with Crippen LogP contribution in [-0.2, 0) is 0 Å². The molecule has 1 saturated carbocycles. The van der Waals surface area contributed by atoms with E-state index in [0.717, 1.165) is 24.8 Å². The summed E-state index contributed by atoms with van der Waals surface area (Å²) in [6.07, 6.45) is 5.51. The van der Waals surface area contributed by atoms with E-state index >= 15 is 0 Å². The van der Waals surface area contributed by atoms with Gasteiger partial charge in [0.2, 0.25) is 0 Å². The van der Waals surface area contributed by atoms with Crippen LogP contribution in [0, 0.1) is 5.92 Å². The molecule has 2 nitrogen and oxygen atoms in total. The summed E-state index contributed by atoms with van der Waals surface area (Å²) in [7, 11) is 0. The fourth-order valence-corrected chi connectivity index (χ4v) is 2.54. The summed E-state index contributed by atoms with van der Waals surface area (Å²) in [6.45, 7) is 1.83. The lowest BCUT2D eigenvalue weighted by Crippen LogP contribution is -2.40. The van der Waals surface area contributed by atoms with Crippen LogP contribution in [0.2, 0.25) is 0 Å². The Morgan fingerprint density at radius 2 is 2.33 bits per heavy atom. The Morgan fingerprint density at radius 1 is 1.58 bits per heavy atom. The van der Waals surface area contributed by atoms with Crippen molar-refractivity contribution in [2.45, 2.75) is 44.3 Å². The normalized spacial score (nSPS) is 47.1. The smallest absolute Gasteiger partial charge is 0.0806 e. The first kappa shape index (κ1) is 8.27. The fourth-order valence-electron chi connectivity index (χ4n) is 2.54. The molecule has 0 aromatic rings. The summed E-state index contributed by atoms with van der Waals surface area (Å²) in [5, 5.41) is 19.6. The van der Waals surface area contributed by atoms with Crippen molar-refractivity contribution in [3.8, 4) is 0 Å². The molecule has 2 bridgehead atoms. The second kappa shape index (κ2) is 2.57. The molecule has 2 rings (SSSR count). The molecule has 12 heavy (non-hydrogen) atoms. The lowest BCUT2D eigenvalue weighted by molar-refractivity contribution is 0.0124. The maximum Gasteiger partial charge on any atom is 0.0806 e. The quantitative estimate of drug-likeness (QED) is 0.534. The van der Waals surface area contributed by atoms with Crippen molar-refractivity contribution in [3.05, 3.63) is 11.6 Å². The highest BCUT2D eigenvalue weighted by molar-refractivity contribution is 5.22. The zero-order valence-corrected chi connectivity index (χ0v) is 7.45. The van der Waals surface area contributed by atoms with Gasteiger partial charge in [-0.2, -0.15) is 0 Å². The van der Waals surface area contributed by atoms with Gasteiger partial charge in [0.05, 0.1) is 11.7 Å². The van der Waals surface area contributed by atoms with Gasteiger partial charge in [-0.25, -0.2) is 0 Å². The van der Waals surface area contributed by atoms with Crippen molar-refractivity contribution in [2.75, 3.05) is 0 Å². The van der Waals surface area contributed by atoms with E-state index in [1.165, 1.54) is 6.42 Å². The summed E-state index contributed by atoms with van der Waals surface area (Å²) in [6, 6.07) is 0. The largest absolute Gasteiger partial charge is 0.388 e. The van der Waals surface area contributed by atoms with Crippen LogP contribution in [0.4, 0.5) is 0 Å². The van der Waals surface area contributed by atoms with Gasteiger partial charge in [-0.3, -0.25) is 0 Å². The molecule has 0 spiro atoms. The Morgan fingerprint density at radius 3 is 3.00 bits per heavy atom. The summed E-state index contributed by atoms with van der Waals surface area (Å²) in [5.74, 6) is 0.300. The van der Waals surface area contributed by atoms with Crippen LogP contribution < -0.4 is 0 Å². The Hall–Kier alpha value is -0.340. The predicted molar refractivity (Wildman–Crippen MR) is 46.7 cm³/mol. The average molecular weight is 168 g/mol. The van der Waals surface area contributed by atoms with Crippen LogP contribution in [0.5, 0.6) is 0 Å². The van der Waals surface area contributed by atoms with Crippen molar-refractivity contribution in [3.63, 3.8) is 0 Å². The highest BCUT2D eigenvalue weighted by Crippen LogP contribution is 2.40. The first-order valence-electron chi connectivity index (χ1n) is 4.70. The molecule has 2 N–H and O–H groups in total. The zero-order chi connectivity index (χ0) is 8.77. The molecular weight excluding hydrogens is 152 g/mol. The minimum Gasteiger partial charge on any atom is -0.388 e. The molecule has 0 radical (unpaired) electrons. The topological polar surface area (TPSA) is 40.5 Å². The summed E-state index contributed by atoms with van der Waals surface area (Å²) >= 11 is 0. The second-order valence-corrected chi connectivity index (χ2v) is 4.38. The SMILES string of the molecule is CC1(O)C=C2CCCC(C1)C2O. The van der Waals surface area contributed by atoms with E-state index in [4.69, 9.17) is 0 Å². The molecular formula is C10H16O2. The van der Waals surface area contributed by atoms with E-state index in [0.29, 0.717) is 5.92 Å². The molecule has 1 fully saturated rings. The third-order valence-electron chi connectivity index (χ3n) is 3.04. The van der Waals surface area contributed by atoms with Crippen LogP contribution in [0.1, 0.15) is 32.6 Å². The van der Waals surface area contributed by atoms with Gasteiger partial charge in [0.15, 0.2) is 0 Å². The minimum absolute atomic E-state index is 0.265. The third kappa shape index (κ3) is 1.29. The highest BCUT2D eigenvalue weighted by atomic mass is 16.3. The standard InChI is InChI=1S/C10H16O2/c1-10(12)5-7-3-2-4-8(6-10)9(7)11/h5,8-9,11-12H,2-4,6H2,1H3. The fraction of sp³-hybridized carbons (Fsp3) is 0.800. The van der Waals surface area contributed by atoms with Gasteiger partial charge in [-0.15, -0.1) is 0 Å². The van der Waals surface area contributed by atoms with E-state index in [1.807, 2.05) is 13.0 Å². The van der Waals surface area contributed by atoms with E-state index in [-0.39, 0.29) is 6.10 Å². The molecule has 3 atom stereocenters. The third-order valence-corrected chi connectivity index (χ3v) is 3.04. The summed E-state index contributed by atoms with van der Waals surface area (Å²) < 4.78 is 0. The molecule has 68 valence electrons. The predicted octanol–water partition coefficient (Wildman–Crippen LogP) is 1.23. The van der Waals surface area contributed by atoms with E-state index < -0.39 is 5.60 Å². The Balaban J connectivity index is 2.30. The number of aliphatic hydroxyl groups excluding tert-OH is 1. The molecule has 2 aliphatic rings. The van der Waals surface area contributed by atoms with Crippen LogP contribution >= 0.6 is 0 Å². The molecule has 0 aromatic heterocycles. The summed E-state index contributed by atoms with van der Waals surface area (Å²) in [4.78, 5) is 0. The van der Waals surface area contributed by atoms with Gasteiger partial charge in [0.25, 0.3) is 0 Å². The van der Waals surface area contributed by atoms with Crippen LogP contribution in [0.3, 0.4) is 0 Å². The Labute approximate surface area is 72.9 Å². The average Bonchev–Trinajstić information content (AvgIpc) is 1.92. The molecule has 0 aromatic carbocycles. The van der Waals surface area contributed by atoms with Gasteiger partial charge >= 0.3 is 0 Å². The molecule has 3 unspecified atom stereocenters. The lowest BCUT2D eigenvalue weighted by Gasteiger charge is -2.40. The van der Waals surface area contributed by atoms with Crippen LogP contribution in [0.15, 0.2) is 11.6 Å². The van der Waals surface area contributed by atoms with E-state index in [1.54, 1.807) is 0 Å². The van der Waals surface area contributed by atoms with E-state index in [2.05, 4.69) is 0 Å². The number of hydrogen-bond donors (Lipinski definition) is 2. The molecule has 0 amide bonds. The Bertz CT molecular complexity index is 218. The van der Waals surface area contributed by atoms with Gasteiger partial charge < -0.3 is 10.2 Å². The summed E-state index contributed by atoms with van der Waals surface area (Å²) in [5.41, 5.74) is 0.391. The first-order valence-corrected chi connectivity index (χ1v) is 4.70. The van der Waals surface area contributed by atoms with Gasteiger partial charge in [-0.05, 0) is 44.1 Å². The first-order chi connectivity index (χ1) is 5.58. The number of hydrogen-bond acceptors (Lipinski definition) is 2. The van der Waals surface area contributed by atoms with Crippen molar-refractivity contribution in [1.82, 2.24) is 0 Å². The number of aliphatic hydroxyl groups is 2. The van der Waals surface area contributed by atoms with Gasteiger partial charge in [-0.1, -0.05) is 6.08 Å². The molecule has 0 saturated heterocycles. The monoisotopic (exact) mass is 168 g/mol. The maximum atomic E-state index is 9.81. The number of fused-ring (bicyclic) bond motifs is 2. The highest BCUT2D eigenvalue weighted by Gasteiger charge is 2.37. The van der Waals surface area contributed by atoms with Crippen molar-refractivity contribution in [1.29, 1.82) is 0 Å². The molecule has 2 heteroatoms. The minimum atomic E-state index is -0.667.